The Bertz CT molecular complexity index is 333. The fraction of sp³-hybridized carbons (Fsp3) is 0.900. The molecule has 0 aromatic heterocycles. The Morgan fingerprint density at radius 1 is 1.14 bits per heavy atom. The minimum absolute atomic E-state index is 0.634. The highest BCUT2D eigenvalue weighted by atomic mass is 15.2. The van der Waals surface area contributed by atoms with Gasteiger partial charge >= 0.3 is 0 Å². The van der Waals surface area contributed by atoms with E-state index < -0.39 is 0 Å². The Morgan fingerprint density at radius 3 is 2.50 bits per heavy atom. The van der Waals surface area contributed by atoms with Gasteiger partial charge in [0.25, 0.3) is 0 Å². The van der Waals surface area contributed by atoms with Gasteiger partial charge in [0.15, 0.2) is 0 Å². The molecule has 0 radical (unpaired) electrons. The van der Waals surface area contributed by atoms with E-state index in [9.17, 15) is 0 Å². The number of rotatable bonds is 7. The zero-order chi connectivity index (χ0) is 15.9. The molecule has 1 aliphatic heterocycles. The van der Waals surface area contributed by atoms with Crippen molar-refractivity contribution >= 4 is 0 Å². The molecule has 2 fully saturated rings. The Labute approximate surface area is 138 Å². The summed E-state index contributed by atoms with van der Waals surface area (Å²) in [5, 5.41) is 0. The molecule has 1 aliphatic carbocycles. The van der Waals surface area contributed by atoms with Gasteiger partial charge in [0.05, 0.1) is 0 Å². The van der Waals surface area contributed by atoms with Gasteiger partial charge in [-0.2, -0.15) is 0 Å². The molecule has 0 aromatic carbocycles. The second-order valence-corrected chi connectivity index (χ2v) is 7.98. The highest BCUT2D eigenvalue weighted by molar-refractivity contribution is 4.97. The first-order valence-electron chi connectivity index (χ1n) is 9.76. The molecule has 5 unspecified atom stereocenters. The monoisotopic (exact) mass is 306 g/mol. The van der Waals surface area contributed by atoms with Crippen molar-refractivity contribution in [1.82, 2.24) is 4.90 Å². The summed E-state index contributed by atoms with van der Waals surface area (Å²) >= 11 is 0. The Hall–Kier alpha value is -0.340. The zero-order valence-corrected chi connectivity index (χ0v) is 15.1. The summed E-state index contributed by atoms with van der Waals surface area (Å²) in [4.78, 5) is 2.79. The highest BCUT2D eigenvalue weighted by Crippen LogP contribution is 2.38. The van der Waals surface area contributed by atoms with Crippen LogP contribution in [-0.2, 0) is 0 Å². The zero-order valence-electron chi connectivity index (χ0n) is 15.1. The lowest BCUT2D eigenvalue weighted by Crippen LogP contribution is -2.40. The average molecular weight is 307 g/mol. The summed E-state index contributed by atoms with van der Waals surface area (Å²) in [6.45, 7) is 10.6. The smallest absolute Gasteiger partial charge is 0.0101 e. The first-order chi connectivity index (χ1) is 10.6. The summed E-state index contributed by atoms with van der Waals surface area (Å²) in [6, 6.07) is 0.861. The van der Waals surface area contributed by atoms with Crippen molar-refractivity contribution in [3.8, 4) is 0 Å². The molecule has 1 heterocycles. The van der Waals surface area contributed by atoms with Crippen LogP contribution < -0.4 is 5.73 Å². The van der Waals surface area contributed by atoms with Crippen LogP contribution in [0.1, 0.15) is 65.7 Å². The maximum atomic E-state index is 5.68. The van der Waals surface area contributed by atoms with Crippen LogP contribution in [0.2, 0.25) is 0 Å². The van der Waals surface area contributed by atoms with E-state index in [4.69, 9.17) is 5.73 Å². The lowest BCUT2D eigenvalue weighted by Gasteiger charge is -2.40. The van der Waals surface area contributed by atoms with Crippen molar-refractivity contribution in [3.05, 3.63) is 12.2 Å². The Morgan fingerprint density at radius 2 is 1.86 bits per heavy atom. The summed E-state index contributed by atoms with van der Waals surface area (Å²) in [7, 11) is 0. The van der Waals surface area contributed by atoms with Gasteiger partial charge in [-0.15, -0.1) is 0 Å². The SMILES string of the molecule is CCC(/C=C\C(C)CCN)C1CC(C)CC(N2CCCC2)C1. The summed E-state index contributed by atoms with van der Waals surface area (Å²) in [5.74, 6) is 3.19. The Kier molecular flexibility index (Phi) is 7.43. The molecule has 0 aromatic rings. The van der Waals surface area contributed by atoms with Crippen molar-refractivity contribution in [2.45, 2.75) is 71.8 Å². The summed E-state index contributed by atoms with van der Waals surface area (Å²) in [5.41, 5.74) is 5.68. The van der Waals surface area contributed by atoms with Crippen LogP contribution in [0.3, 0.4) is 0 Å². The number of nitrogens with two attached hydrogens (primary N) is 1. The molecular weight excluding hydrogens is 268 g/mol. The molecule has 128 valence electrons. The van der Waals surface area contributed by atoms with E-state index in [0.717, 1.165) is 36.8 Å². The molecule has 2 rings (SSSR count). The predicted molar refractivity (Wildman–Crippen MR) is 96.9 cm³/mol. The maximum Gasteiger partial charge on any atom is 0.0101 e. The van der Waals surface area contributed by atoms with E-state index in [2.05, 4.69) is 37.8 Å². The quantitative estimate of drug-likeness (QED) is 0.704. The first kappa shape index (κ1) is 18.0. The lowest BCUT2D eigenvalue weighted by atomic mass is 9.72. The van der Waals surface area contributed by atoms with Crippen molar-refractivity contribution < 1.29 is 0 Å². The topological polar surface area (TPSA) is 29.3 Å². The van der Waals surface area contributed by atoms with Crippen LogP contribution in [0, 0.1) is 23.7 Å². The fourth-order valence-corrected chi connectivity index (χ4v) is 4.69. The average Bonchev–Trinajstić information content (AvgIpc) is 3.02. The van der Waals surface area contributed by atoms with Crippen molar-refractivity contribution in [2.24, 2.45) is 29.4 Å². The van der Waals surface area contributed by atoms with E-state index in [0.29, 0.717) is 5.92 Å². The van der Waals surface area contributed by atoms with Gasteiger partial charge in [0.1, 0.15) is 0 Å². The number of likely N-dealkylation sites (tertiary alicyclic amines) is 1. The van der Waals surface area contributed by atoms with Crippen LogP contribution in [0.15, 0.2) is 12.2 Å². The molecule has 1 saturated carbocycles. The third-order valence-electron chi connectivity index (χ3n) is 6.00. The van der Waals surface area contributed by atoms with E-state index in [1.165, 1.54) is 51.6 Å². The van der Waals surface area contributed by atoms with Crippen molar-refractivity contribution in [3.63, 3.8) is 0 Å². The summed E-state index contributed by atoms with van der Waals surface area (Å²) < 4.78 is 0. The van der Waals surface area contributed by atoms with E-state index in [1.54, 1.807) is 0 Å². The number of hydrogen-bond donors (Lipinski definition) is 1. The van der Waals surface area contributed by atoms with Crippen molar-refractivity contribution in [1.29, 1.82) is 0 Å². The van der Waals surface area contributed by atoms with Gasteiger partial charge in [-0.3, -0.25) is 0 Å². The van der Waals surface area contributed by atoms with Crippen LogP contribution in [-0.4, -0.2) is 30.6 Å². The minimum atomic E-state index is 0.634. The van der Waals surface area contributed by atoms with Crippen molar-refractivity contribution in [2.75, 3.05) is 19.6 Å². The second kappa shape index (κ2) is 9.08. The maximum absolute atomic E-state index is 5.68. The number of nitrogens with zero attached hydrogens (tertiary/aromatic N) is 1. The standard InChI is InChI=1S/C20H38N2/c1-4-18(8-7-16(2)9-10-21)19-13-17(3)14-20(15-19)22-11-5-6-12-22/h7-8,16-20H,4-6,9-15,21H2,1-3H3/b8-7-. The van der Waals surface area contributed by atoms with Crippen LogP contribution >= 0.6 is 0 Å². The number of allylic oxidation sites excluding steroid dienone is 2. The van der Waals surface area contributed by atoms with Gasteiger partial charge in [0, 0.05) is 6.04 Å². The third kappa shape index (κ3) is 5.09. The summed E-state index contributed by atoms with van der Waals surface area (Å²) in [6.07, 6.45) is 14.5. The molecule has 0 bridgehead atoms. The minimum Gasteiger partial charge on any atom is -0.330 e. The molecule has 2 N–H and O–H groups in total. The second-order valence-electron chi connectivity index (χ2n) is 7.98. The highest BCUT2D eigenvalue weighted by Gasteiger charge is 2.33. The molecule has 5 atom stereocenters. The largest absolute Gasteiger partial charge is 0.330 e. The van der Waals surface area contributed by atoms with Crippen LogP contribution in [0.25, 0.3) is 0 Å². The molecule has 2 nitrogen and oxygen atoms in total. The molecule has 0 spiro atoms. The fourth-order valence-electron chi connectivity index (χ4n) is 4.69. The van der Waals surface area contributed by atoms with E-state index in [1.807, 2.05) is 0 Å². The van der Waals surface area contributed by atoms with Crippen LogP contribution in [0.4, 0.5) is 0 Å². The van der Waals surface area contributed by atoms with Gasteiger partial charge in [-0.25, -0.2) is 0 Å². The van der Waals surface area contributed by atoms with E-state index in [-0.39, 0.29) is 0 Å². The van der Waals surface area contributed by atoms with Gasteiger partial charge in [-0.05, 0) is 88.3 Å². The van der Waals surface area contributed by atoms with Gasteiger partial charge < -0.3 is 10.6 Å². The molecular formula is C20H38N2. The number of hydrogen-bond acceptors (Lipinski definition) is 2. The molecule has 22 heavy (non-hydrogen) atoms. The van der Waals surface area contributed by atoms with Crippen LogP contribution in [0.5, 0.6) is 0 Å². The van der Waals surface area contributed by atoms with Gasteiger partial charge in [0.2, 0.25) is 0 Å². The molecule has 2 aliphatic rings. The molecule has 2 heteroatoms. The predicted octanol–water partition coefficient (Wildman–Crippen LogP) is 4.45. The van der Waals surface area contributed by atoms with E-state index >= 15 is 0 Å². The molecule has 0 amide bonds. The normalized spacial score (nSPS) is 33.4. The lowest BCUT2D eigenvalue weighted by molar-refractivity contribution is 0.107. The Balaban J connectivity index is 1.94. The third-order valence-corrected chi connectivity index (χ3v) is 6.00. The molecule has 1 saturated heterocycles. The van der Waals surface area contributed by atoms with Gasteiger partial charge in [-0.1, -0.05) is 32.9 Å². The first-order valence-corrected chi connectivity index (χ1v) is 9.76.